The Morgan fingerprint density at radius 1 is 1.38 bits per heavy atom. The molecule has 0 N–H and O–H groups in total. The van der Waals surface area contributed by atoms with Crippen LogP contribution in [0.4, 0.5) is 0 Å². The zero-order valence-corrected chi connectivity index (χ0v) is 7.40. The van der Waals surface area contributed by atoms with Crippen molar-refractivity contribution in [3.05, 3.63) is 54.1 Å². The van der Waals surface area contributed by atoms with Gasteiger partial charge in [0.05, 0.1) is 6.07 Å². The zero-order chi connectivity index (χ0) is 9.52. The Bertz CT molecular complexity index is 341. The number of nitriles is 1. The summed E-state index contributed by atoms with van der Waals surface area (Å²) in [5, 5.41) is 8.45. The molecule has 0 fully saturated rings. The maximum absolute atomic E-state index is 8.45. The normalized spacial score (nSPS) is 9.77. The molecule has 0 saturated heterocycles. The highest BCUT2D eigenvalue weighted by molar-refractivity contribution is 5.49. The van der Waals surface area contributed by atoms with Gasteiger partial charge in [0.25, 0.3) is 0 Å². The van der Waals surface area contributed by atoms with E-state index in [1.54, 1.807) is 0 Å². The fourth-order valence-electron chi connectivity index (χ4n) is 0.947. The average molecular weight is 169 g/mol. The van der Waals surface area contributed by atoms with Crippen molar-refractivity contribution in [2.24, 2.45) is 0 Å². The van der Waals surface area contributed by atoms with Gasteiger partial charge < -0.3 is 0 Å². The maximum atomic E-state index is 8.45. The van der Waals surface area contributed by atoms with E-state index in [4.69, 9.17) is 5.26 Å². The first-order valence-electron chi connectivity index (χ1n) is 4.12. The molecular weight excluding hydrogens is 158 g/mol. The minimum absolute atomic E-state index is 0.590. The van der Waals surface area contributed by atoms with Crippen molar-refractivity contribution in [1.29, 1.82) is 5.26 Å². The van der Waals surface area contributed by atoms with Crippen LogP contribution in [0.5, 0.6) is 0 Å². The SMILES string of the molecule is C=C(C#N)C/C=C/c1ccccc1. The Balaban J connectivity index is 2.51. The Kier molecular flexibility index (Phi) is 3.53. The summed E-state index contributed by atoms with van der Waals surface area (Å²) in [6.45, 7) is 3.59. The molecule has 1 nitrogen and oxygen atoms in total. The molecule has 0 aliphatic carbocycles. The number of rotatable bonds is 3. The molecule has 0 spiro atoms. The van der Waals surface area contributed by atoms with Crippen molar-refractivity contribution in [2.45, 2.75) is 6.42 Å². The Hall–Kier alpha value is -1.81. The van der Waals surface area contributed by atoms with Crippen LogP contribution in [-0.4, -0.2) is 0 Å². The summed E-state index contributed by atoms with van der Waals surface area (Å²) < 4.78 is 0. The van der Waals surface area contributed by atoms with Crippen LogP contribution in [0, 0.1) is 11.3 Å². The molecule has 0 amide bonds. The second-order valence-corrected chi connectivity index (χ2v) is 2.73. The molecule has 0 radical (unpaired) electrons. The lowest BCUT2D eigenvalue weighted by Gasteiger charge is -1.90. The summed E-state index contributed by atoms with van der Waals surface area (Å²) in [5.74, 6) is 0. The van der Waals surface area contributed by atoms with Gasteiger partial charge in [-0.1, -0.05) is 49.1 Å². The predicted molar refractivity (Wildman–Crippen MR) is 54.8 cm³/mol. The Labute approximate surface area is 78.6 Å². The number of benzene rings is 1. The van der Waals surface area contributed by atoms with Crippen molar-refractivity contribution < 1.29 is 0 Å². The molecule has 64 valence electrons. The lowest BCUT2D eigenvalue weighted by molar-refractivity contribution is 1.30. The molecule has 1 heteroatoms. The van der Waals surface area contributed by atoms with E-state index in [-0.39, 0.29) is 0 Å². The largest absolute Gasteiger partial charge is 0.193 e. The molecular formula is C12H11N. The summed E-state index contributed by atoms with van der Waals surface area (Å²) in [6, 6.07) is 12.0. The van der Waals surface area contributed by atoms with Crippen molar-refractivity contribution in [3.8, 4) is 6.07 Å². The minimum atomic E-state index is 0.590. The molecule has 0 heterocycles. The molecule has 13 heavy (non-hydrogen) atoms. The van der Waals surface area contributed by atoms with Gasteiger partial charge in [-0.3, -0.25) is 0 Å². The lowest BCUT2D eigenvalue weighted by atomic mass is 10.1. The second-order valence-electron chi connectivity index (χ2n) is 2.73. The predicted octanol–water partition coefficient (Wildman–Crippen LogP) is 3.17. The summed E-state index contributed by atoms with van der Waals surface area (Å²) in [4.78, 5) is 0. The second kappa shape index (κ2) is 4.95. The Morgan fingerprint density at radius 3 is 2.69 bits per heavy atom. The van der Waals surface area contributed by atoms with Crippen molar-refractivity contribution >= 4 is 6.08 Å². The Morgan fingerprint density at radius 2 is 2.08 bits per heavy atom. The molecule has 1 aromatic rings. The fraction of sp³-hybridized carbons (Fsp3) is 0.0833. The molecule has 1 aromatic carbocycles. The van der Waals surface area contributed by atoms with Gasteiger partial charge in [-0.05, 0) is 5.56 Å². The fourth-order valence-corrected chi connectivity index (χ4v) is 0.947. The van der Waals surface area contributed by atoms with Gasteiger partial charge in [-0.25, -0.2) is 0 Å². The van der Waals surface area contributed by atoms with E-state index in [1.165, 1.54) is 0 Å². The van der Waals surface area contributed by atoms with Crippen LogP contribution in [0.15, 0.2) is 48.6 Å². The standard InChI is InChI=1S/C12H11N/c1-11(10-13)6-5-9-12-7-3-2-4-8-12/h2-5,7-9H,1,6H2/b9-5+. The molecule has 0 aliphatic rings. The van der Waals surface area contributed by atoms with E-state index >= 15 is 0 Å². The van der Waals surface area contributed by atoms with Crippen LogP contribution in [-0.2, 0) is 0 Å². The maximum Gasteiger partial charge on any atom is 0.0944 e. The highest BCUT2D eigenvalue weighted by atomic mass is 14.2. The molecule has 1 rings (SSSR count). The van der Waals surface area contributed by atoms with Crippen molar-refractivity contribution in [1.82, 2.24) is 0 Å². The van der Waals surface area contributed by atoms with Crippen molar-refractivity contribution in [2.75, 3.05) is 0 Å². The summed E-state index contributed by atoms with van der Waals surface area (Å²) in [5.41, 5.74) is 1.74. The molecule has 0 unspecified atom stereocenters. The monoisotopic (exact) mass is 169 g/mol. The van der Waals surface area contributed by atoms with E-state index in [9.17, 15) is 0 Å². The topological polar surface area (TPSA) is 23.8 Å². The van der Waals surface area contributed by atoms with Gasteiger partial charge in [0.1, 0.15) is 0 Å². The van der Waals surface area contributed by atoms with Crippen molar-refractivity contribution in [3.63, 3.8) is 0 Å². The van der Waals surface area contributed by atoms with Crippen LogP contribution >= 0.6 is 0 Å². The minimum Gasteiger partial charge on any atom is -0.193 e. The average Bonchev–Trinajstić information content (AvgIpc) is 2.19. The van der Waals surface area contributed by atoms with Gasteiger partial charge in [-0.15, -0.1) is 0 Å². The van der Waals surface area contributed by atoms with E-state index < -0.39 is 0 Å². The van der Waals surface area contributed by atoms with E-state index in [1.807, 2.05) is 48.6 Å². The van der Waals surface area contributed by atoms with Gasteiger partial charge in [0.2, 0.25) is 0 Å². The van der Waals surface area contributed by atoms with Gasteiger partial charge in [0, 0.05) is 12.0 Å². The smallest absolute Gasteiger partial charge is 0.0944 e. The van der Waals surface area contributed by atoms with Crippen LogP contribution in [0.2, 0.25) is 0 Å². The van der Waals surface area contributed by atoms with E-state index in [0.29, 0.717) is 12.0 Å². The van der Waals surface area contributed by atoms with Crippen LogP contribution in [0.25, 0.3) is 6.08 Å². The third kappa shape index (κ3) is 3.39. The number of nitrogens with zero attached hydrogens (tertiary/aromatic N) is 1. The first-order valence-corrected chi connectivity index (χ1v) is 4.12. The third-order valence-electron chi connectivity index (χ3n) is 1.63. The van der Waals surface area contributed by atoms with Gasteiger partial charge in [0.15, 0.2) is 0 Å². The molecule has 0 aromatic heterocycles. The quantitative estimate of drug-likeness (QED) is 0.637. The molecule has 0 bridgehead atoms. The number of hydrogen-bond acceptors (Lipinski definition) is 1. The summed E-state index contributed by atoms with van der Waals surface area (Å²) in [6.07, 6.45) is 4.56. The highest BCUT2D eigenvalue weighted by Gasteiger charge is 1.86. The molecule has 0 saturated carbocycles. The summed E-state index contributed by atoms with van der Waals surface area (Å²) >= 11 is 0. The molecule has 0 atom stereocenters. The first-order chi connectivity index (χ1) is 6.33. The lowest BCUT2D eigenvalue weighted by Crippen LogP contribution is -1.72. The van der Waals surface area contributed by atoms with Gasteiger partial charge in [-0.2, -0.15) is 5.26 Å². The van der Waals surface area contributed by atoms with Crippen LogP contribution < -0.4 is 0 Å². The highest BCUT2D eigenvalue weighted by Crippen LogP contribution is 2.04. The van der Waals surface area contributed by atoms with Crippen LogP contribution in [0.1, 0.15) is 12.0 Å². The summed E-state index contributed by atoms with van der Waals surface area (Å²) in [7, 11) is 0. The number of hydrogen-bond donors (Lipinski definition) is 0. The van der Waals surface area contributed by atoms with E-state index in [2.05, 4.69) is 6.58 Å². The van der Waals surface area contributed by atoms with E-state index in [0.717, 1.165) is 5.56 Å². The first kappa shape index (κ1) is 9.28. The molecule has 0 aliphatic heterocycles. The van der Waals surface area contributed by atoms with Gasteiger partial charge >= 0.3 is 0 Å². The van der Waals surface area contributed by atoms with Crippen LogP contribution in [0.3, 0.4) is 0 Å². The zero-order valence-electron chi connectivity index (χ0n) is 7.40. The number of allylic oxidation sites excluding steroid dienone is 2. The third-order valence-corrected chi connectivity index (χ3v) is 1.63.